The van der Waals surface area contributed by atoms with Crippen LogP contribution in [0.5, 0.6) is 0 Å². The van der Waals surface area contributed by atoms with Gasteiger partial charge in [-0.1, -0.05) is 83.9 Å². The quantitative estimate of drug-likeness (QED) is 0.243. The van der Waals surface area contributed by atoms with Gasteiger partial charge >= 0.3 is 0 Å². The van der Waals surface area contributed by atoms with Gasteiger partial charge in [-0.25, -0.2) is 0 Å². The van der Waals surface area contributed by atoms with Gasteiger partial charge in [0.15, 0.2) is 5.78 Å². The van der Waals surface area contributed by atoms with E-state index in [-0.39, 0.29) is 6.42 Å². The second-order valence-corrected chi connectivity index (χ2v) is 8.31. The summed E-state index contributed by atoms with van der Waals surface area (Å²) in [7, 11) is 0. The Bertz CT molecular complexity index is 467. The maximum Gasteiger partial charge on any atom is 0.245 e. The van der Waals surface area contributed by atoms with E-state index in [4.69, 9.17) is 11.8 Å². The number of carbonyl (C=O) groups excluding carboxylic acids is 1. The summed E-state index contributed by atoms with van der Waals surface area (Å²) in [6, 6.07) is -1.46. The number of rotatable bonds is 16. The van der Waals surface area contributed by atoms with Crippen LogP contribution >= 0.6 is 0 Å². The van der Waals surface area contributed by atoms with Gasteiger partial charge in [-0.05, 0) is 6.42 Å². The van der Waals surface area contributed by atoms with E-state index < -0.39 is 42.5 Å². The molecule has 0 aromatic heterocycles. The molecule has 0 aromatic rings. The first-order chi connectivity index (χ1) is 14.4. The molecule has 1 heterocycles. The molecule has 1 unspecified atom stereocenters. The Morgan fingerprint density at radius 3 is 1.90 bits per heavy atom. The number of aliphatic hydroxyl groups is 4. The van der Waals surface area contributed by atoms with Gasteiger partial charge < -0.3 is 30.9 Å². The number of ether oxygens (including phenoxy) is 1. The Morgan fingerprint density at radius 2 is 1.41 bits per heavy atom. The minimum absolute atomic E-state index is 0.0748. The lowest BCUT2D eigenvalue weighted by Crippen LogP contribution is -2.71. The normalized spacial score (nSPS) is 30.3. The molecule has 0 saturated carbocycles. The van der Waals surface area contributed by atoms with Gasteiger partial charge in [0.2, 0.25) is 5.79 Å². The molecule has 6 N–H and O–H groups in total. The van der Waals surface area contributed by atoms with Crippen LogP contribution in [0.15, 0.2) is 0 Å². The van der Waals surface area contributed by atoms with Crippen molar-refractivity contribution in [2.45, 2.75) is 127 Å². The highest BCUT2D eigenvalue weighted by molar-refractivity contribution is 5.86. The highest BCUT2D eigenvalue weighted by atomic mass is 16.7. The van der Waals surface area contributed by atoms with Gasteiger partial charge in [0.1, 0.15) is 18.3 Å². The van der Waals surface area contributed by atoms with E-state index in [0.29, 0.717) is 13.3 Å². The number of carbonyl (C=O) groups is 1. The van der Waals surface area contributed by atoms with Crippen LogP contribution < -0.4 is 5.73 Å². The van der Waals surface area contributed by atoms with Crippen LogP contribution in [0.2, 0.25) is 0 Å². The average Bonchev–Trinajstić information content (AvgIpc) is 2.74. The van der Waals surface area contributed by atoms with E-state index in [0.717, 1.165) is 25.7 Å². The molecule has 0 aliphatic carbocycles. The molecular formula is C22H43NO6. The van der Waals surface area contributed by atoms with Crippen LogP contribution in [0.4, 0.5) is 0 Å². The molecule has 0 spiro atoms. The third-order valence-electron chi connectivity index (χ3n) is 5.86. The number of nitrogens with two attached hydrogens (primary N) is 1. The second-order valence-electron chi connectivity index (χ2n) is 8.31. The third kappa shape index (κ3) is 8.59. The first kappa shape index (κ1) is 24.7. The maximum absolute atomic E-state index is 12.4. The molecule has 0 bridgehead atoms. The fourth-order valence-corrected chi connectivity index (χ4v) is 3.85. The smallest absolute Gasteiger partial charge is 0.245 e. The largest absolute Gasteiger partial charge is 0.394 e. The van der Waals surface area contributed by atoms with Crippen molar-refractivity contribution in [1.82, 2.24) is 0 Å². The van der Waals surface area contributed by atoms with Gasteiger partial charge in [-0.2, -0.15) is 0 Å². The van der Waals surface area contributed by atoms with E-state index in [2.05, 4.69) is 0 Å². The van der Waals surface area contributed by atoms with E-state index in [1.165, 1.54) is 51.4 Å². The van der Waals surface area contributed by atoms with E-state index >= 15 is 0 Å². The van der Waals surface area contributed by atoms with E-state index in [1.807, 2.05) is 0 Å². The fourth-order valence-electron chi connectivity index (χ4n) is 3.85. The highest BCUT2D eigenvalue weighted by Gasteiger charge is 2.55. The molecule has 0 amide bonds. The molecule has 172 valence electrons. The van der Waals surface area contributed by atoms with E-state index in [1.54, 1.807) is 0 Å². The zero-order chi connectivity index (χ0) is 22.4. The van der Waals surface area contributed by atoms with Gasteiger partial charge in [0.05, 0.1) is 12.6 Å². The van der Waals surface area contributed by atoms with Crippen LogP contribution in [0.25, 0.3) is 0 Å². The summed E-state index contributed by atoms with van der Waals surface area (Å²) < 4.78 is 12.3. The fraction of sp³-hybridized carbons (Fsp3) is 0.955. The second kappa shape index (κ2) is 14.4. The van der Waals surface area contributed by atoms with Crippen LogP contribution in [-0.4, -0.2) is 63.0 Å². The molecule has 1 aliphatic rings. The van der Waals surface area contributed by atoms with Gasteiger partial charge in [-0.3, -0.25) is 4.79 Å². The van der Waals surface area contributed by atoms with Gasteiger partial charge in [-0.15, -0.1) is 0 Å². The Labute approximate surface area is 177 Å². The van der Waals surface area contributed by atoms with Crippen molar-refractivity contribution >= 4 is 5.78 Å². The molecular weight excluding hydrogens is 374 g/mol. The third-order valence-corrected chi connectivity index (χ3v) is 5.86. The minimum atomic E-state index is -2.38. The minimum Gasteiger partial charge on any atom is -0.394 e. The van der Waals surface area contributed by atoms with Crippen LogP contribution in [0, 0.1) is 0 Å². The van der Waals surface area contributed by atoms with Crippen molar-refractivity contribution in [3.63, 3.8) is 0 Å². The number of unbranched alkanes of at least 4 members (excludes halogenated alkanes) is 12. The lowest BCUT2D eigenvalue weighted by molar-refractivity contribution is -0.297. The van der Waals surface area contributed by atoms with Crippen LogP contribution in [-0.2, 0) is 9.53 Å². The molecule has 0 aromatic carbocycles. The summed E-state index contributed by atoms with van der Waals surface area (Å²) >= 11 is 0. The van der Waals surface area contributed by atoms with Crippen molar-refractivity contribution in [2.24, 2.45) is 5.73 Å². The lowest BCUT2D eigenvalue weighted by atomic mass is 9.87. The number of hydrogen-bond acceptors (Lipinski definition) is 7. The summed E-state index contributed by atoms with van der Waals surface area (Å²) in [4.78, 5) is 12.4. The van der Waals surface area contributed by atoms with Gasteiger partial charge in [0.25, 0.3) is 0 Å². The first-order valence-electron chi connectivity index (χ1n) is 12.0. The zero-order valence-corrected chi connectivity index (χ0v) is 17.8. The number of hydrogen-bond donors (Lipinski definition) is 5. The Hall–Kier alpha value is -0.570. The monoisotopic (exact) mass is 418 g/mol. The predicted octanol–water partition coefficient (Wildman–Crippen LogP) is 2.17. The average molecular weight is 419 g/mol. The van der Waals surface area contributed by atoms with Crippen molar-refractivity contribution in [1.29, 1.82) is 0 Å². The van der Waals surface area contributed by atoms with Crippen molar-refractivity contribution in [3.8, 4) is 0 Å². The standard InChI is InChI=1S/C22H43NO6/c1-2-3-4-5-6-7-8-9-10-11-12-13-14-15-18(25)22(28)21(23)20(27)19(26)17(16-24)29-22/h17,19-21,24,26-28H,2-16,23H2,1H3/t17-,19-,20+,21-,22?/m1/s1/i1D. The van der Waals surface area contributed by atoms with Gasteiger partial charge in [0, 0.05) is 7.79 Å². The summed E-state index contributed by atoms with van der Waals surface area (Å²) in [5.74, 6) is -3.00. The van der Waals surface area contributed by atoms with Crippen molar-refractivity contribution < 1.29 is 31.3 Å². The molecule has 29 heavy (non-hydrogen) atoms. The Kier molecular flexibility index (Phi) is 12.3. The number of ketones is 1. The van der Waals surface area contributed by atoms with E-state index in [9.17, 15) is 25.2 Å². The summed E-state index contributed by atoms with van der Waals surface area (Å²) in [5, 5.41) is 39.5. The Balaban J connectivity index is 2.09. The summed E-state index contributed by atoms with van der Waals surface area (Å²) in [6.07, 6.45) is 10.4. The Morgan fingerprint density at radius 1 is 0.931 bits per heavy atom. The molecule has 0 radical (unpaired) electrons. The lowest BCUT2D eigenvalue weighted by Gasteiger charge is -2.45. The first-order valence-corrected chi connectivity index (χ1v) is 11.3. The highest BCUT2D eigenvalue weighted by Crippen LogP contribution is 2.29. The topological polar surface area (TPSA) is 133 Å². The molecule has 1 fully saturated rings. The molecule has 7 nitrogen and oxygen atoms in total. The molecule has 1 rings (SSSR count). The summed E-state index contributed by atoms with van der Waals surface area (Å²) in [6.45, 7) is -0.0830. The molecule has 1 saturated heterocycles. The molecule has 5 atom stereocenters. The number of Topliss-reactive ketones (excluding diaryl/α,β-unsaturated/α-hetero) is 1. The summed E-state index contributed by atoms with van der Waals surface area (Å²) in [5.41, 5.74) is 5.72. The zero-order valence-electron chi connectivity index (χ0n) is 18.8. The molecule has 1 aliphatic heterocycles. The van der Waals surface area contributed by atoms with Crippen molar-refractivity contribution in [3.05, 3.63) is 0 Å². The van der Waals surface area contributed by atoms with Crippen LogP contribution in [0.1, 0.15) is 98.2 Å². The predicted molar refractivity (Wildman–Crippen MR) is 112 cm³/mol. The maximum atomic E-state index is 12.4. The number of aliphatic hydroxyl groups excluding tert-OH is 3. The SMILES string of the molecule is [2H]CCCCCCCCCCCCCCCC(=O)C1(O)O[C@H](CO)[C@@H](O)[C@H](O)[C@H]1N. The van der Waals surface area contributed by atoms with Crippen LogP contribution in [0.3, 0.4) is 0 Å². The van der Waals surface area contributed by atoms with Crippen molar-refractivity contribution in [2.75, 3.05) is 6.61 Å². The molecule has 7 heteroatoms.